The summed E-state index contributed by atoms with van der Waals surface area (Å²) < 4.78 is 27.3. The quantitative estimate of drug-likeness (QED) is 0.261. The highest BCUT2D eigenvalue weighted by Gasteiger charge is 2.45. The maximum atomic E-state index is 13.9. The van der Waals surface area contributed by atoms with Gasteiger partial charge in [-0.3, -0.25) is 0 Å². The number of rotatable bonds is 7. The third-order valence-corrected chi connectivity index (χ3v) is 17.3. The monoisotopic (exact) mass is 504 g/mol. The molecule has 3 N–H and O–H groups in total. The average Bonchev–Trinajstić information content (AvgIpc) is 3.38. The number of nitrogens with two attached hydrogens (primary N) is 1. The largest absolute Gasteiger partial charge is 0.413 e. The number of halogens is 1. The van der Waals surface area contributed by atoms with Crippen LogP contribution in [0.5, 0.6) is 0 Å². The summed E-state index contributed by atoms with van der Waals surface area (Å²) in [7, 11) is -3.66. The van der Waals surface area contributed by atoms with Crippen LogP contribution in [0.3, 0.4) is 0 Å². The molecule has 0 radical (unpaired) electrons. The lowest BCUT2D eigenvalue weighted by molar-refractivity contribution is -0.0317. The van der Waals surface area contributed by atoms with Crippen LogP contribution in [-0.4, -0.2) is 43.6 Å². The Morgan fingerprint density at radius 3 is 2.47 bits per heavy atom. The number of fused-ring (bicyclic) bond motifs is 1. The Balaban J connectivity index is 1.98. The van der Waals surface area contributed by atoms with Crippen molar-refractivity contribution < 1.29 is 13.6 Å². The molecule has 1 saturated heterocycles. The highest BCUT2D eigenvalue weighted by molar-refractivity contribution is 6.87. The van der Waals surface area contributed by atoms with Crippen LogP contribution < -0.4 is 5.73 Å². The van der Waals surface area contributed by atoms with Gasteiger partial charge >= 0.3 is 6.08 Å². The number of aromatic nitrogens is 3. The third kappa shape index (κ3) is 5.25. The van der Waals surface area contributed by atoms with Gasteiger partial charge in [0.25, 0.3) is 0 Å². The summed E-state index contributed by atoms with van der Waals surface area (Å²) in [5.74, 6) is 3.72. The van der Waals surface area contributed by atoms with E-state index in [9.17, 15) is 4.39 Å². The van der Waals surface area contributed by atoms with Crippen LogP contribution in [0.25, 0.3) is 11.0 Å². The van der Waals surface area contributed by atoms with E-state index < -0.39 is 28.1 Å². The second kappa shape index (κ2) is 9.72. The number of hydrogen-bond donors (Lipinski definition) is 2. The molecule has 2 atom stereocenters. The van der Waals surface area contributed by atoms with Crippen LogP contribution in [0.1, 0.15) is 66.1 Å². The van der Waals surface area contributed by atoms with E-state index >= 15 is 0 Å². The van der Waals surface area contributed by atoms with Crippen LogP contribution in [0.15, 0.2) is 6.20 Å². The van der Waals surface area contributed by atoms with Crippen molar-refractivity contribution in [2.24, 2.45) is 0 Å². The highest BCUT2D eigenvalue weighted by Crippen LogP contribution is 2.44. The number of nitrogens with zero attached hydrogens (tertiary/aromatic N) is 2. The van der Waals surface area contributed by atoms with Crippen molar-refractivity contribution in [3.63, 3.8) is 0 Å². The Morgan fingerprint density at radius 1 is 1.24 bits per heavy atom. The number of nitrogens with one attached hydrogen (secondary N) is 1. The second-order valence-corrected chi connectivity index (χ2v) is 20.9. The molecule has 3 heterocycles. The van der Waals surface area contributed by atoms with Gasteiger partial charge in [-0.15, -0.1) is 5.54 Å². The van der Waals surface area contributed by atoms with Crippen molar-refractivity contribution in [1.29, 1.82) is 0 Å². The van der Waals surface area contributed by atoms with Crippen molar-refractivity contribution in [3.8, 4) is 11.5 Å². The summed E-state index contributed by atoms with van der Waals surface area (Å²) in [5.41, 5.74) is 10.8. The van der Waals surface area contributed by atoms with E-state index in [1.807, 2.05) is 0 Å². The Morgan fingerprint density at radius 2 is 1.88 bits per heavy atom. The summed E-state index contributed by atoms with van der Waals surface area (Å²) >= 11 is 0. The van der Waals surface area contributed by atoms with Crippen LogP contribution in [-0.2, 0) is 9.16 Å². The van der Waals surface area contributed by atoms with E-state index in [0.717, 1.165) is 36.5 Å². The van der Waals surface area contributed by atoms with Gasteiger partial charge in [-0.25, -0.2) is 0 Å². The molecule has 6 nitrogen and oxygen atoms in total. The minimum atomic E-state index is -2.00. The molecule has 0 bridgehead atoms. The van der Waals surface area contributed by atoms with Gasteiger partial charge in [-0.1, -0.05) is 47.5 Å². The van der Waals surface area contributed by atoms with Crippen LogP contribution in [0, 0.1) is 17.5 Å². The van der Waals surface area contributed by atoms with Gasteiger partial charge in [0.05, 0.1) is 12.7 Å². The van der Waals surface area contributed by atoms with Gasteiger partial charge < -0.3 is 19.9 Å². The Kier molecular flexibility index (Phi) is 7.68. The zero-order chi connectivity index (χ0) is 25.4. The van der Waals surface area contributed by atoms with Gasteiger partial charge in [0, 0.05) is 11.8 Å². The Bertz CT molecular complexity index is 1070. The minimum Gasteiger partial charge on any atom is -0.413 e. The Labute approximate surface area is 205 Å². The smallest absolute Gasteiger partial charge is 0.311 e. The number of H-pyrrole nitrogens is 1. The molecule has 1 aliphatic heterocycles. The lowest BCUT2D eigenvalue weighted by Crippen LogP contribution is -2.46. The summed E-state index contributed by atoms with van der Waals surface area (Å²) in [5, 5.41) is 0.0944. The molecule has 9 heteroatoms. The fourth-order valence-electron chi connectivity index (χ4n) is 4.25. The summed E-state index contributed by atoms with van der Waals surface area (Å²) in [6, 6.07) is 3.40. The van der Waals surface area contributed by atoms with Gasteiger partial charge in [0.2, 0.25) is 0 Å². The molecule has 2 aromatic rings. The highest BCUT2D eigenvalue weighted by atomic mass is 28.4. The van der Waals surface area contributed by atoms with Crippen molar-refractivity contribution in [1.82, 2.24) is 15.0 Å². The lowest BCUT2D eigenvalue weighted by Gasteiger charge is -2.38. The molecule has 0 spiro atoms. The summed E-state index contributed by atoms with van der Waals surface area (Å²) in [4.78, 5) is 10.7. The molecule has 0 unspecified atom stereocenters. The number of aromatic amines is 1. The molecule has 1 aliphatic rings. The molecule has 0 saturated carbocycles. The molecular formula is C25H41FN4O2Si2. The first kappa shape index (κ1) is 26.9. The molecule has 0 amide bonds. The topological polar surface area (TPSA) is 86.0 Å². The molecule has 2 aromatic heterocycles. The molecule has 1 fully saturated rings. The fraction of sp³-hybridized carbons (Fsp3) is 0.680. The predicted octanol–water partition coefficient (Wildman–Crippen LogP) is 6.34. The predicted molar refractivity (Wildman–Crippen MR) is 142 cm³/mol. The summed E-state index contributed by atoms with van der Waals surface area (Å²) in [6.45, 7) is 18.5. The molecule has 3 rings (SSSR count). The van der Waals surface area contributed by atoms with E-state index in [1.165, 1.54) is 0 Å². The van der Waals surface area contributed by atoms with E-state index in [4.69, 9.17) is 14.9 Å². The third-order valence-electron chi connectivity index (χ3n) is 8.14. The lowest BCUT2D eigenvalue weighted by atomic mass is 10.0. The van der Waals surface area contributed by atoms with Gasteiger partial charge in [-0.05, 0) is 49.1 Å². The minimum absolute atomic E-state index is 0.0944. The number of ether oxygens (including phenoxy) is 1. The SMILES string of the molecule is CC[Si](C#C[C@@]1(CO[Si](C)(C)C(C)(C)C)CC[C@H](c2c[nH]c3c(N)nc(F)nc23)O1)(CC)CC. The zero-order valence-electron chi connectivity index (χ0n) is 22.1. The first-order chi connectivity index (χ1) is 15.8. The number of anilines is 1. The van der Waals surface area contributed by atoms with E-state index in [0.29, 0.717) is 17.6 Å². The van der Waals surface area contributed by atoms with Crippen molar-refractivity contribution in [2.75, 3.05) is 12.3 Å². The van der Waals surface area contributed by atoms with Crippen LogP contribution in [0.4, 0.5) is 10.2 Å². The van der Waals surface area contributed by atoms with Gasteiger partial charge in [0.15, 0.2) is 19.7 Å². The summed E-state index contributed by atoms with van der Waals surface area (Å²) in [6.07, 6.45) is 2.23. The van der Waals surface area contributed by atoms with Crippen LogP contribution in [0.2, 0.25) is 36.3 Å². The molecule has 0 aliphatic carbocycles. The number of nitrogen functional groups attached to an aromatic ring is 1. The molecule has 34 heavy (non-hydrogen) atoms. The molecule has 0 aromatic carbocycles. The first-order valence-corrected chi connectivity index (χ1v) is 18.0. The Hall–Kier alpha value is -1.74. The standard InChI is InChI=1S/C25H41FN4O2Si2/c1-9-34(10-2,11-3)15-14-25(17-31-33(7,8)24(4,5)6)13-12-19(32-25)18-16-28-21-20(18)29-23(26)30-22(21)27/h16,19,28H,9-13,17H2,1-8H3,(H2,27,29,30)/t19-,25-/m1/s1. The van der Waals surface area contributed by atoms with Gasteiger partial charge in [0.1, 0.15) is 19.1 Å². The van der Waals surface area contributed by atoms with Crippen molar-refractivity contribution in [3.05, 3.63) is 17.8 Å². The maximum absolute atomic E-state index is 13.9. The van der Waals surface area contributed by atoms with Crippen molar-refractivity contribution in [2.45, 2.75) is 102 Å². The van der Waals surface area contributed by atoms with E-state index in [2.05, 4.69) is 81.1 Å². The fourth-order valence-corrected chi connectivity index (χ4v) is 7.80. The first-order valence-electron chi connectivity index (χ1n) is 12.5. The average molecular weight is 505 g/mol. The zero-order valence-corrected chi connectivity index (χ0v) is 24.1. The molecular weight excluding hydrogens is 463 g/mol. The van der Waals surface area contributed by atoms with E-state index in [1.54, 1.807) is 6.20 Å². The molecule has 188 valence electrons. The van der Waals surface area contributed by atoms with E-state index in [-0.39, 0.29) is 17.0 Å². The van der Waals surface area contributed by atoms with Crippen molar-refractivity contribution >= 4 is 33.2 Å². The van der Waals surface area contributed by atoms with Crippen LogP contribution >= 0.6 is 0 Å². The second-order valence-electron chi connectivity index (χ2n) is 11.1. The maximum Gasteiger partial charge on any atom is 0.311 e. The number of hydrogen-bond acceptors (Lipinski definition) is 5. The normalized spacial score (nSPS) is 21.6. The van der Waals surface area contributed by atoms with Gasteiger partial charge in [-0.2, -0.15) is 14.4 Å².